The highest BCUT2D eigenvalue weighted by Crippen LogP contribution is 2.31. The number of anilines is 1. The zero-order valence-corrected chi connectivity index (χ0v) is 11.6. The lowest BCUT2D eigenvalue weighted by Crippen LogP contribution is -2.07. The molecule has 0 atom stereocenters. The molecule has 1 heterocycles. The molecule has 1 N–H and O–H groups in total. The summed E-state index contributed by atoms with van der Waals surface area (Å²) >= 11 is 0. The van der Waals surface area contributed by atoms with Crippen molar-refractivity contribution in [2.45, 2.75) is 6.42 Å². The summed E-state index contributed by atoms with van der Waals surface area (Å²) in [5, 5.41) is 3.47. The number of hydrogen-bond acceptors (Lipinski definition) is 3. The summed E-state index contributed by atoms with van der Waals surface area (Å²) in [5.41, 5.74) is 4.68. The summed E-state index contributed by atoms with van der Waals surface area (Å²) in [4.78, 5) is 0. The van der Waals surface area contributed by atoms with Gasteiger partial charge in [-0.1, -0.05) is 6.08 Å². The Morgan fingerprint density at radius 1 is 0.900 bits per heavy atom. The van der Waals surface area contributed by atoms with E-state index in [1.165, 1.54) is 5.56 Å². The minimum Gasteiger partial charge on any atom is -0.497 e. The first-order valence-electron chi connectivity index (χ1n) is 6.58. The van der Waals surface area contributed by atoms with Crippen molar-refractivity contribution < 1.29 is 9.47 Å². The molecule has 1 aliphatic heterocycles. The Hall–Kier alpha value is -2.42. The van der Waals surface area contributed by atoms with Crippen LogP contribution in [0.3, 0.4) is 0 Å². The van der Waals surface area contributed by atoms with E-state index in [0.29, 0.717) is 0 Å². The average Bonchev–Trinajstić information content (AvgIpc) is 2.54. The lowest BCUT2D eigenvalue weighted by atomic mass is 10.0. The third kappa shape index (κ3) is 2.35. The van der Waals surface area contributed by atoms with Gasteiger partial charge in [0.25, 0.3) is 0 Å². The minimum absolute atomic E-state index is 0.871. The van der Waals surface area contributed by atoms with Crippen molar-refractivity contribution in [3.63, 3.8) is 0 Å². The molecular formula is C17H17NO2. The molecule has 0 aliphatic carbocycles. The van der Waals surface area contributed by atoms with Crippen molar-refractivity contribution in [1.29, 1.82) is 0 Å². The van der Waals surface area contributed by atoms with E-state index in [4.69, 9.17) is 9.47 Å². The van der Waals surface area contributed by atoms with Gasteiger partial charge in [0.15, 0.2) is 0 Å². The highest BCUT2D eigenvalue weighted by atomic mass is 16.5. The standard InChI is InChI=1S/C17H17NO2/c1-19-14-6-3-12(4-7-14)16-9-5-13-11-15(20-2)8-10-17(13)18-16/h3-4,6-11,18H,5H2,1-2H3. The highest BCUT2D eigenvalue weighted by molar-refractivity contribution is 5.81. The van der Waals surface area contributed by atoms with Crippen LogP contribution in [-0.2, 0) is 6.42 Å². The molecule has 0 amide bonds. The largest absolute Gasteiger partial charge is 0.497 e. The molecule has 0 aromatic heterocycles. The van der Waals surface area contributed by atoms with Crippen molar-refractivity contribution in [3.8, 4) is 11.5 Å². The van der Waals surface area contributed by atoms with Crippen LogP contribution >= 0.6 is 0 Å². The first kappa shape index (κ1) is 12.6. The van der Waals surface area contributed by atoms with Crippen LogP contribution in [0.5, 0.6) is 11.5 Å². The summed E-state index contributed by atoms with van der Waals surface area (Å²) in [6.45, 7) is 0. The van der Waals surface area contributed by atoms with Gasteiger partial charge in [-0.3, -0.25) is 0 Å². The first-order valence-corrected chi connectivity index (χ1v) is 6.58. The molecule has 3 rings (SSSR count). The third-order valence-corrected chi connectivity index (χ3v) is 3.51. The molecule has 0 fully saturated rings. The lowest BCUT2D eigenvalue weighted by molar-refractivity contribution is 0.414. The maximum Gasteiger partial charge on any atom is 0.119 e. The van der Waals surface area contributed by atoms with Crippen LogP contribution in [0.15, 0.2) is 48.5 Å². The van der Waals surface area contributed by atoms with E-state index < -0.39 is 0 Å². The number of fused-ring (bicyclic) bond motifs is 1. The predicted octanol–water partition coefficient (Wildman–Crippen LogP) is 3.71. The molecule has 2 aromatic carbocycles. The van der Waals surface area contributed by atoms with Crippen LogP contribution in [0.25, 0.3) is 5.70 Å². The highest BCUT2D eigenvalue weighted by Gasteiger charge is 2.12. The molecule has 0 saturated carbocycles. The molecule has 20 heavy (non-hydrogen) atoms. The maximum absolute atomic E-state index is 5.25. The van der Waals surface area contributed by atoms with E-state index in [1.54, 1.807) is 14.2 Å². The second-order valence-corrected chi connectivity index (χ2v) is 4.70. The number of hydrogen-bond donors (Lipinski definition) is 1. The van der Waals surface area contributed by atoms with Crippen molar-refractivity contribution in [2.24, 2.45) is 0 Å². The zero-order valence-electron chi connectivity index (χ0n) is 11.6. The second kappa shape index (κ2) is 5.29. The number of allylic oxidation sites excluding steroid dienone is 1. The third-order valence-electron chi connectivity index (χ3n) is 3.51. The van der Waals surface area contributed by atoms with Crippen LogP contribution in [-0.4, -0.2) is 14.2 Å². The van der Waals surface area contributed by atoms with Gasteiger partial charge in [-0.25, -0.2) is 0 Å². The SMILES string of the molecule is COc1ccc(C2=CCc3cc(OC)ccc3N2)cc1. The van der Waals surface area contributed by atoms with E-state index in [-0.39, 0.29) is 0 Å². The fraction of sp³-hybridized carbons (Fsp3) is 0.176. The Morgan fingerprint density at radius 2 is 1.60 bits per heavy atom. The summed E-state index contributed by atoms with van der Waals surface area (Å²) in [5.74, 6) is 1.77. The maximum atomic E-state index is 5.25. The number of rotatable bonds is 3. The number of benzene rings is 2. The van der Waals surface area contributed by atoms with E-state index in [2.05, 4.69) is 35.7 Å². The first-order chi connectivity index (χ1) is 9.80. The van der Waals surface area contributed by atoms with Crippen molar-refractivity contribution in [1.82, 2.24) is 0 Å². The molecule has 1 aliphatic rings. The smallest absolute Gasteiger partial charge is 0.119 e. The average molecular weight is 267 g/mol. The van der Waals surface area contributed by atoms with Crippen molar-refractivity contribution in [2.75, 3.05) is 19.5 Å². The Kier molecular flexibility index (Phi) is 3.33. The van der Waals surface area contributed by atoms with E-state index in [9.17, 15) is 0 Å². The van der Waals surface area contributed by atoms with E-state index >= 15 is 0 Å². The fourth-order valence-electron chi connectivity index (χ4n) is 2.36. The van der Waals surface area contributed by atoms with Crippen LogP contribution < -0.4 is 14.8 Å². The summed E-state index contributed by atoms with van der Waals surface area (Å²) in [6, 6.07) is 14.2. The molecule has 3 heteroatoms. The Labute approximate surface area is 118 Å². The van der Waals surface area contributed by atoms with Crippen molar-refractivity contribution >= 4 is 11.4 Å². The topological polar surface area (TPSA) is 30.5 Å². The molecule has 2 aromatic rings. The van der Waals surface area contributed by atoms with Gasteiger partial charge in [0, 0.05) is 11.4 Å². The zero-order chi connectivity index (χ0) is 13.9. The van der Waals surface area contributed by atoms with Crippen LogP contribution in [0, 0.1) is 0 Å². The van der Waals surface area contributed by atoms with Gasteiger partial charge in [-0.05, 0) is 60.0 Å². The summed E-state index contributed by atoms with van der Waals surface area (Å²) < 4.78 is 10.4. The Balaban J connectivity index is 1.85. The van der Waals surface area contributed by atoms with Gasteiger partial charge in [0.2, 0.25) is 0 Å². The van der Waals surface area contributed by atoms with Gasteiger partial charge >= 0.3 is 0 Å². The molecular weight excluding hydrogens is 250 g/mol. The second-order valence-electron chi connectivity index (χ2n) is 4.70. The number of nitrogens with one attached hydrogen (secondary N) is 1. The monoisotopic (exact) mass is 267 g/mol. The van der Waals surface area contributed by atoms with Gasteiger partial charge in [0.05, 0.1) is 14.2 Å². The fourth-order valence-corrected chi connectivity index (χ4v) is 2.36. The van der Waals surface area contributed by atoms with Gasteiger partial charge in [-0.15, -0.1) is 0 Å². The summed E-state index contributed by atoms with van der Waals surface area (Å²) in [6.07, 6.45) is 3.10. The van der Waals surface area contributed by atoms with Gasteiger partial charge < -0.3 is 14.8 Å². The molecule has 0 saturated heterocycles. The Bertz CT molecular complexity index is 645. The van der Waals surface area contributed by atoms with E-state index in [1.807, 2.05) is 18.2 Å². The summed E-state index contributed by atoms with van der Waals surface area (Å²) in [7, 11) is 3.37. The van der Waals surface area contributed by atoms with Crippen molar-refractivity contribution in [3.05, 3.63) is 59.7 Å². The lowest BCUT2D eigenvalue weighted by Gasteiger charge is -2.20. The number of ether oxygens (including phenoxy) is 2. The molecule has 0 spiro atoms. The van der Waals surface area contributed by atoms with E-state index in [0.717, 1.165) is 34.9 Å². The minimum atomic E-state index is 0.871. The van der Waals surface area contributed by atoms with Crippen LogP contribution in [0.1, 0.15) is 11.1 Å². The van der Waals surface area contributed by atoms with Gasteiger partial charge in [-0.2, -0.15) is 0 Å². The van der Waals surface area contributed by atoms with Crippen LogP contribution in [0.4, 0.5) is 5.69 Å². The predicted molar refractivity (Wildman–Crippen MR) is 81.3 cm³/mol. The molecule has 0 unspecified atom stereocenters. The number of methoxy groups -OCH3 is 2. The molecule has 3 nitrogen and oxygen atoms in total. The molecule has 0 bridgehead atoms. The molecule has 102 valence electrons. The Morgan fingerprint density at radius 3 is 2.30 bits per heavy atom. The molecule has 0 radical (unpaired) electrons. The van der Waals surface area contributed by atoms with Gasteiger partial charge in [0.1, 0.15) is 11.5 Å². The quantitative estimate of drug-likeness (QED) is 0.919. The van der Waals surface area contributed by atoms with Crippen LogP contribution in [0.2, 0.25) is 0 Å². The normalized spacial score (nSPS) is 13.0.